The molecule has 4 heterocycles. The van der Waals surface area contributed by atoms with Crippen LogP contribution in [0, 0.1) is 0 Å². The molecule has 3 amide bonds. The second-order valence-electron chi connectivity index (χ2n) is 10.2. The molecule has 11 heteroatoms. The van der Waals surface area contributed by atoms with E-state index in [9.17, 15) is 14.4 Å². The Hall–Kier alpha value is -2.99. The Morgan fingerprint density at radius 1 is 1.18 bits per heavy atom. The summed E-state index contributed by atoms with van der Waals surface area (Å²) in [5, 5.41) is 10.2. The number of thiophene rings is 1. The van der Waals surface area contributed by atoms with Crippen molar-refractivity contribution in [2.75, 3.05) is 46.5 Å². The van der Waals surface area contributed by atoms with Crippen molar-refractivity contribution >= 4 is 29.1 Å². The smallest absolute Gasteiger partial charge is 0.258 e. The van der Waals surface area contributed by atoms with Gasteiger partial charge in [0.2, 0.25) is 11.8 Å². The molecule has 0 unspecified atom stereocenters. The SMILES string of the molecule is COCC(=O)N[C@@H]1CC[C@H]2CCOc3ccccc3C(=O)N3CCN(Cc4ccsc4)C[C@H]3C(=O)NC[C@H]1O2. The molecule has 2 fully saturated rings. The number of fused-ring (bicyclic) bond motifs is 4. The number of piperazine rings is 1. The van der Waals surface area contributed by atoms with E-state index in [0.29, 0.717) is 44.0 Å². The Morgan fingerprint density at radius 2 is 2.05 bits per heavy atom. The fourth-order valence-electron chi connectivity index (χ4n) is 5.54. The van der Waals surface area contributed by atoms with Crippen LogP contribution < -0.4 is 15.4 Å². The second-order valence-corrected chi connectivity index (χ2v) is 11.0. The molecule has 3 aliphatic rings. The number of ether oxygens (including phenoxy) is 3. The highest BCUT2D eigenvalue weighted by Gasteiger charge is 2.38. The fraction of sp³-hybridized carbons (Fsp3) is 0.536. The maximum absolute atomic E-state index is 13.8. The van der Waals surface area contributed by atoms with E-state index in [1.165, 1.54) is 12.7 Å². The highest BCUT2D eigenvalue weighted by atomic mass is 32.1. The summed E-state index contributed by atoms with van der Waals surface area (Å²) in [4.78, 5) is 43.6. The van der Waals surface area contributed by atoms with Gasteiger partial charge in [0.05, 0.1) is 30.4 Å². The Bertz CT molecular complexity index is 1140. The van der Waals surface area contributed by atoms with Crippen LogP contribution in [0.5, 0.6) is 5.75 Å². The zero-order chi connectivity index (χ0) is 27.2. The summed E-state index contributed by atoms with van der Waals surface area (Å²) in [5.41, 5.74) is 1.65. The molecular formula is C28H36N4O6S. The van der Waals surface area contributed by atoms with Gasteiger partial charge in [-0.15, -0.1) is 0 Å². The van der Waals surface area contributed by atoms with Gasteiger partial charge in [-0.3, -0.25) is 19.3 Å². The quantitative estimate of drug-likeness (QED) is 0.577. The van der Waals surface area contributed by atoms with Crippen LogP contribution in [0.3, 0.4) is 0 Å². The standard InChI is InChI=1S/C28H36N4O6S/c1-36-17-26(33)30-22-7-6-20-8-12-37-24-5-3-2-4-21(24)28(35)32-11-10-31(15-19-9-13-39-18-19)16-23(32)27(34)29-14-25(22)38-20/h2-5,9,13,18,20,22-23,25H,6-8,10-12,14-17H2,1H3,(H,29,34)(H,30,33)/t20-,22+,23-,25+/m0/s1. The first-order valence-corrected chi connectivity index (χ1v) is 14.4. The number of nitrogens with zero attached hydrogens (tertiary/aromatic N) is 2. The number of rotatable bonds is 5. The van der Waals surface area contributed by atoms with Gasteiger partial charge in [-0.05, 0) is 47.4 Å². The summed E-state index contributed by atoms with van der Waals surface area (Å²) >= 11 is 1.64. The third-order valence-corrected chi connectivity index (χ3v) is 8.28. The molecule has 3 aliphatic heterocycles. The molecule has 0 radical (unpaired) electrons. The van der Waals surface area contributed by atoms with Gasteiger partial charge in [0.25, 0.3) is 5.91 Å². The predicted octanol–water partition coefficient (Wildman–Crippen LogP) is 1.65. The molecule has 4 atom stereocenters. The highest BCUT2D eigenvalue weighted by molar-refractivity contribution is 7.07. The lowest BCUT2D eigenvalue weighted by Gasteiger charge is -2.41. The van der Waals surface area contributed by atoms with Gasteiger partial charge in [-0.2, -0.15) is 11.3 Å². The minimum atomic E-state index is -0.679. The second kappa shape index (κ2) is 12.9. The normalized spacial score (nSPS) is 26.4. The minimum absolute atomic E-state index is 0.0363. The lowest BCUT2D eigenvalue weighted by Crippen LogP contribution is -2.62. The van der Waals surface area contributed by atoms with Crippen molar-refractivity contribution in [1.82, 2.24) is 20.4 Å². The topological polar surface area (TPSA) is 109 Å². The molecule has 0 aliphatic carbocycles. The zero-order valence-corrected chi connectivity index (χ0v) is 23.0. The van der Waals surface area contributed by atoms with Gasteiger partial charge < -0.3 is 29.7 Å². The van der Waals surface area contributed by atoms with E-state index >= 15 is 0 Å². The predicted molar refractivity (Wildman–Crippen MR) is 146 cm³/mol. The summed E-state index contributed by atoms with van der Waals surface area (Å²) in [6.45, 7) is 2.81. The summed E-state index contributed by atoms with van der Waals surface area (Å²) in [5.74, 6) is -0.152. The van der Waals surface area contributed by atoms with Gasteiger partial charge in [-0.25, -0.2) is 0 Å². The first kappa shape index (κ1) is 27.6. The number of para-hydroxylation sites is 1. The van der Waals surface area contributed by atoms with Crippen molar-refractivity contribution in [2.45, 2.75) is 50.1 Å². The Morgan fingerprint density at radius 3 is 2.87 bits per heavy atom. The number of amides is 3. The first-order chi connectivity index (χ1) is 19.0. The Kier molecular flexibility index (Phi) is 9.13. The zero-order valence-electron chi connectivity index (χ0n) is 22.2. The molecule has 0 spiro atoms. The van der Waals surface area contributed by atoms with Crippen LogP contribution >= 0.6 is 11.3 Å². The molecule has 2 bridgehead atoms. The number of hydrogen-bond donors (Lipinski definition) is 2. The number of benzene rings is 1. The first-order valence-electron chi connectivity index (χ1n) is 13.5. The van der Waals surface area contributed by atoms with Crippen LogP contribution in [0.25, 0.3) is 0 Å². The lowest BCUT2D eigenvalue weighted by molar-refractivity contribution is -0.132. The Balaban J connectivity index is 1.39. The van der Waals surface area contributed by atoms with Crippen LogP contribution in [0.4, 0.5) is 0 Å². The van der Waals surface area contributed by atoms with Gasteiger partial charge in [0, 0.05) is 46.3 Å². The van der Waals surface area contributed by atoms with E-state index < -0.39 is 12.1 Å². The van der Waals surface area contributed by atoms with E-state index in [4.69, 9.17) is 14.2 Å². The van der Waals surface area contributed by atoms with E-state index in [0.717, 1.165) is 19.4 Å². The summed E-state index contributed by atoms with van der Waals surface area (Å²) in [6.07, 6.45) is 1.62. The molecule has 39 heavy (non-hydrogen) atoms. The third-order valence-electron chi connectivity index (χ3n) is 7.54. The van der Waals surface area contributed by atoms with Crippen molar-refractivity contribution in [2.24, 2.45) is 0 Å². The Labute approximate surface area is 232 Å². The van der Waals surface area contributed by atoms with E-state index in [1.807, 2.05) is 17.5 Å². The van der Waals surface area contributed by atoms with Crippen LogP contribution in [0.1, 0.15) is 35.2 Å². The van der Waals surface area contributed by atoms with Crippen LogP contribution in [0.2, 0.25) is 0 Å². The molecular weight excluding hydrogens is 520 g/mol. The molecule has 2 N–H and O–H groups in total. The van der Waals surface area contributed by atoms with Crippen molar-refractivity contribution < 1.29 is 28.6 Å². The van der Waals surface area contributed by atoms with Crippen molar-refractivity contribution in [3.63, 3.8) is 0 Å². The van der Waals surface area contributed by atoms with Crippen LogP contribution in [-0.4, -0.2) is 98.3 Å². The molecule has 2 aromatic rings. The van der Waals surface area contributed by atoms with Gasteiger partial charge in [0.1, 0.15) is 18.4 Å². The average molecular weight is 557 g/mol. The largest absolute Gasteiger partial charge is 0.493 e. The minimum Gasteiger partial charge on any atom is -0.493 e. The molecule has 0 saturated carbocycles. The third kappa shape index (κ3) is 6.78. The van der Waals surface area contributed by atoms with Gasteiger partial charge in [0.15, 0.2) is 0 Å². The molecule has 1 aromatic heterocycles. The van der Waals surface area contributed by atoms with Gasteiger partial charge in [-0.1, -0.05) is 12.1 Å². The number of hydrogen-bond acceptors (Lipinski definition) is 8. The number of carbonyl (C=O) groups excluding carboxylic acids is 3. The molecule has 10 nitrogen and oxygen atoms in total. The van der Waals surface area contributed by atoms with Crippen molar-refractivity contribution in [1.29, 1.82) is 0 Å². The van der Waals surface area contributed by atoms with Crippen LogP contribution in [-0.2, 0) is 25.6 Å². The number of nitrogens with one attached hydrogen (secondary N) is 2. The van der Waals surface area contributed by atoms with Gasteiger partial charge >= 0.3 is 0 Å². The van der Waals surface area contributed by atoms with E-state index in [1.54, 1.807) is 28.4 Å². The highest BCUT2D eigenvalue weighted by Crippen LogP contribution is 2.26. The lowest BCUT2D eigenvalue weighted by atomic mass is 9.96. The molecule has 5 rings (SSSR count). The maximum atomic E-state index is 13.8. The van der Waals surface area contributed by atoms with Crippen LogP contribution in [0.15, 0.2) is 41.1 Å². The van der Waals surface area contributed by atoms with Crippen molar-refractivity contribution in [3.05, 3.63) is 52.2 Å². The van der Waals surface area contributed by atoms with E-state index in [2.05, 4.69) is 27.0 Å². The summed E-state index contributed by atoms with van der Waals surface area (Å²) in [7, 11) is 1.48. The van der Waals surface area contributed by atoms with E-state index in [-0.39, 0.29) is 43.0 Å². The maximum Gasteiger partial charge on any atom is 0.258 e. The monoisotopic (exact) mass is 556 g/mol. The summed E-state index contributed by atoms with van der Waals surface area (Å²) in [6, 6.07) is 8.37. The molecule has 1 aromatic carbocycles. The fourth-order valence-corrected chi connectivity index (χ4v) is 6.20. The number of methoxy groups -OCH3 is 1. The van der Waals surface area contributed by atoms with Crippen molar-refractivity contribution in [3.8, 4) is 5.75 Å². The number of carbonyl (C=O) groups is 3. The molecule has 2 saturated heterocycles. The average Bonchev–Trinajstić information content (AvgIpc) is 3.45. The molecule has 210 valence electrons. The summed E-state index contributed by atoms with van der Waals surface area (Å²) < 4.78 is 17.4.